The van der Waals surface area contributed by atoms with Crippen LogP contribution < -0.4 is 18.9 Å². The molecule has 0 spiro atoms. The van der Waals surface area contributed by atoms with Crippen molar-refractivity contribution in [3.63, 3.8) is 0 Å². The van der Waals surface area contributed by atoms with E-state index < -0.39 is 16.8 Å². The molecule has 0 rings (SSSR count). The monoisotopic (exact) mass is 122 g/mol. The van der Waals surface area contributed by atoms with Gasteiger partial charge < -0.3 is 4.55 Å². The van der Waals surface area contributed by atoms with Crippen molar-refractivity contribution in [1.82, 2.24) is 0 Å². The number of alkyl halides is 2. The Morgan fingerprint density at radius 1 is 1.57 bits per heavy atom. The average molecular weight is 122 g/mol. The van der Waals surface area contributed by atoms with Crippen LogP contribution in [-0.2, 0) is 11.1 Å². The topological polar surface area (TPSA) is 40.1 Å². The zero-order chi connectivity index (χ0) is 5.15. The van der Waals surface area contributed by atoms with Crippen LogP contribution in [0, 0.1) is 0 Å². The first-order valence-corrected chi connectivity index (χ1v) is 2.14. The molecule has 1 unspecified atom stereocenters. The maximum Gasteiger partial charge on any atom is 1.00 e. The maximum absolute atomic E-state index is 10.5. The Hall–Kier alpha value is 0.567. The van der Waals surface area contributed by atoms with Crippen LogP contribution in [0.25, 0.3) is 0 Å². The Morgan fingerprint density at radius 2 is 1.71 bits per heavy atom. The van der Waals surface area contributed by atoms with Gasteiger partial charge >= 0.3 is 18.9 Å². The molecule has 0 aromatic carbocycles. The summed E-state index contributed by atoms with van der Waals surface area (Å²) in [5.41, 5.74) is 0. The summed E-state index contributed by atoms with van der Waals surface area (Å²) < 4.78 is 39.0. The molecule has 0 bridgehead atoms. The minimum atomic E-state index is -3.23. The fraction of sp³-hybridized carbons (Fsp3) is 1.00. The van der Waals surface area contributed by atoms with Crippen LogP contribution in [0.15, 0.2) is 0 Å². The Morgan fingerprint density at radius 3 is 1.71 bits per heavy atom. The second kappa shape index (κ2) is 4.72. The fourth-order valence-corrected chi connectivity index (χ4v) is 0. The van der Waals surface area contributed by atoms with E-state index in [9.17, 15) is 8.78 Å². The SMILES string of the molecule is O=S([O-])C(F)F.[Li+]. The third-order valence-electron chi connectivity index (χ3n) is 0.145. The standard InChI is InChI=1S/CH2F2O2S.Li/c2-1(3)6(4)5;/h1H,(H,4,5);/q;+1/p-1. The predicted molar refractivity (Wildman–Crippen MR) is 14.9 cm³/mol. The molecule has 0 radical (unpaired) electrons. The summed E-state index contributed by atoms with van der Waals surface area (Å²) in [5.74, 6) is -3.23. The Balaban J connectivity index is 0. The van der Waals surface area contributed by atoms with Crippen molar-refractivity contribution in [2.75, 3.05) is 0 Å². The van der Waals surface area contributed by atoms with Crippen molar-refractivity contribution in [3.05, 3.63) is 0 Å². The van der Waals surface area contributed by atoms with Gasteiger partial charge in [-0.2, -0.15) is 8.78 Å². The zero-order valence-electron chi connectivity index (χ0n) is 3.56. The van der Waals surface area contributed by atoms with Gasteiger partial charge in [0, 0.05) is 11.1 Å². The average Bonchev–Trinajstić information content (AvgIpc) is 1.36. The van der Waals surface area contributed by atoms with E-state index in [1.807, 2.05) is 0 Å². The summed E-state index contributed by atoms with van der Waals surface area (Å²) in [4.78, 5) is 0. The van der Waals surface area contributed by atoms with Crippen LogP contribution in [0.3, 0.4) is 0 Å². The maximum atomic E-state index is 10.5. The van der Waals surface area contributed by atoms with E-state index in [2.05, 4.69) is 0 Å². The molecule has 0 fully saturated rings. The van der Waals surface area contributed by atoms with Gasteiger partial charge in [0.15, 0.2) is 0 Å². The van der Waals surface area contributed by atoms with Gasteiger partial charge in [0.2, 0.25) is 0 Å². The van der Waals surface area contributed by atoms with Crippen LogP contribution in [0.1, 0.15) is 0 Å². The number of hydrogen-bond acceptors (Lipinski definition) is 2. The van der Waals surface area contributed by atoms with Gasteiger partial charge in [-0.25, -0.2) is 0 Å². The van der Waals surface area contributed by atoms with Crippen LogP contribution in [0.5, 0.6) is 0 Å². The molecular weight excluding hydrogens is 121 g/mol. The second-order valence-corrected chi connectivity index (χ2v) is 1.40. The van der Waals surface area contributed by atoms with E-state index >= 15 is 0 Å². The van der Waals surface area contributed by atoms with Crippen LogP contribution in [0.4, 0.5) is 8.78 Å². The van der Waals surface area contributed by atoms with Crippen molar-refractivity contribution < 1.29 is 36.4 Å². The van der Waals surface area contributed by atoms with Gasteiger partial charge in [-0.15, -0.1) is 0 Å². The molecule has 0 amide bonds. The first kappa shape index (κ1) is 10.5. The van der Waals surface area contributed by atoms with E-state index in [1.54, 1.807) is 0 Å². The van der Waals surface area contributed by atoms with Gasteiger partial charge in [0.1, 0.15) is 0 Å². The molecule has 38 valence electrons. The molecule has 1 atom stereocenters. The van der Waals surface area contributed by atoms with Gasteiger partial charge in [-0.1, -0.05) is 0 Å². The van der Waals surface area contributed by atoms with Crippen LogP contribution in [-0.4, -0.2) is 14.5 Å². The summed E-state index contributed by atoms with van der Waals surface area (Å²) in [6.07, 6.45) is 0. The Bertz CT molecular complexity index is 66.7. The third-order valence-corrected chi connectivity index (χ3v) is 0.436. The molecule has 0 aliphatic carbocycles. The molecular formula is CHF2LiO2S. The third kappa shape index (κ3) is 6.57. The summed E-state index contributed by atoms with van der Waals surface area (Å²) in [7, 11) is 0. The smallest absolute Gasteiger partial charge is 0.768 e. The van der Waals surface area contributed by atoms with Gasteiger partial charge in [0.25, 0.3) is 5.76 Å². The number of halogens is 2. The summed E-state index contributed by atoms with van der Waals surface area (Å²) in [6.45, 7) is 0. The first-order valence-electron chi connectivity index (χ1n) is 1.01. The summed E-state index contributed by atoms with van der Waals surface area (Å²) in [6, 6.07) is 0. The molecule has 0 aromatic rings. The molecule has 0 N–H and O–H groups in total. The minimum Gasteiger partial charge on any atom is -0.768 e. The summed E-state index contributed by atoms with van der Waals surface area (Å²) >= 11 is -3.20. The van der Waals surface area contributed by atoms with E-state index in [0.29, 0.717) is 0 Å². The predicted octanol–water partition coefficient (Wildman–Crippen LogP) is -2.91. The Labute approximate surface area is 53.7 Å². The second-order valence-electron chi connectivity index (χ2n) is 0.521. The molecule has 0 aliphatic heterocycles. The summed E-state index contributed by atoms with van der Waals surface area (Å²) in [5, 5.41) is 0. The van der Waals surface area contributed by atoms with Crippen molar-refractivity contribution in [3.8, 4) is 0 Å². The number of hydrogen-bond donors (Lipinski definition) is 0. The molecule has 0 saturated heterocycles. The minimum absolute atomic E-state index is 0. The molecule has 0 aromatic heterocycles. The van der Waals surface area contributed by atoms with Crippen molar-refractivity contribution in [1.29, 1.82) is 0 Å². The van der Waals surface area contributed by atoms with Gasteiger partial charge in [-0.3, -0.25) is 4.21 Å². The van der Waals surface area contributed by atoms with E-state index in [1.165, 1.54) is 0 Å². The fourth-order valence-electron chi connectivity index (χ4n) is 0. The molecule has 0 heterocycles. The van der Waals surface area contributed by atoms with Crippen molar-refractivity contribution >= 4 is 11.1 Å². The Kier molecular flexibility index (Phi) is 7.10. The number of rotatable bonds is 1. The van der Waals surface area contributed by atoms with Crippen LogP contribution >= 0.6 is 0 Å². The molecule has 6 heteroatoms. The van der Waals surface area contributed by atoms with Crippen LogP contribution in [0.2, 0.25) is 0 Å². The van der Waals surface area contributed by atoms with Crippen molar-refractivity contribution in [2.24, 2.45) is 0 Å². The van der Waals surface area contributed by atoms with E-state index in [-0.39, 0.29) is 18.9 Å². The first-order chi connectivity index (χ1) is 2.64. The van der Waals surface area contributed by atoms with E-state index in [0.717, 1.165) is 0 Å². The molecule has 7 heavy (non-hydrogen) atoms. The quantitative estimate of drug-likeness (QED) is 0.276. The van der Waals surface area contributed by atoms with E-state index in [4.69, 9.17) is 8.76 Å². The molecule has 0 saturated carbocycles. The van der Waals surface area contributed by atoms with Crippen molar-refractivity contribution in [2.45, 2.75) is 5.76 Å². The van der Waals surface area contributed by atoms with Gasteiger partial charge in [-0.05, 0) is 0 Å². The molecule has 0 aliphatic rings. The molecule has 2 nitrogen and oxygen atoms in total. The zero-order valence-corrected chi connectivity index (χ0v) is 4.37. The normalized spacial score (nSPS) is 13.1. The largest absolute Gasteiger partial charge is 1.00 e. The van der Waals surface area contributed by atoms with Gasteiger partial charge in [0.05, 0.1) is 0 Å².